The predicted octanol–water partition coefficient (Wildman–Crippen LogP) is 10.1. The lowest BCUT2D eigenvalue weighted by molar-refractivity contribution is -0.297. The molecule has 1 saturated heterocycles. The van der Waals surface area contributed by atoms with Crippen LogP contribution in [0.3, 0.4) is 0 Å². The Balaban J connectivity index is 2.44. The normalized spacial score (nSPS) is 20.4. The van der Waals surface area contributed by atoms with Crippen LogP contribution in [0.5, 0.6) is 0 Å². The van der Waals surface area contributed by atoms with Crippen LogP contribution in [0.15, 0.2) is 60.8 Å². The van der Waals surface area contributed by atoms with Crippen LogP contribution in [0.2, 0.25) is 0 Å². The summed E-state index contributed by atoms with van der Waals surface area (Å²) in [6, 6.07) is 0. The SMILES string of the molecule is CC/C=C/C/C=C/C/C=C/C/C=C/CCCCC(=O)OC[C@H](CO[C@H]1O[C@H](CS(=O)(=O)O)[C@@H](O)C(O)C1O)OC(=O)CCCCCCCCCCC/C=C/CCCCCCCC. The van der Waals surface area contributed by atoms with Gasteiger partial charge in [0.1, 0.15) is 36.8 Å². The molecule has 0 aromatic carbocycles. The summed E-state index contributed by atoms with van der Waals surface area (Å²) in [6.45, 7) is 3.61. The number of rotatable bonds is 39. The molecular weight excluding hydrogens is 813 g/mol. The minimum Gasteiger partial charge on any atom is -0.462 e. The van der Waals surface area contributed by atoms with Crippen molar-refractivity contribution in [1.29, 1.82) is 0 Å². The summed E-state index contributed by atoms with van der Waals surface area (Å²) in [4.78, 5) is 25.4. The summed E-state index contributed by atoms with van der Waals surface area (Å²) in [5.41, 5.74) is 0. The van der Waals surface area contributed by atoms with E-state index in [-0.39, 0.29) is 19.4 Å². The van der Waals surface area contributed by atoms with E-state index in [0.717, 1.165) is 64.2 Å². The summed E-state index contributed by atoms with van der Waals surface area (Å²) in [5, 5.41) is 30.9. The smallest absolute Gasteiger partial charge is 0.306 e. The van der Waals surface area contributed by atoms with Crippen molar-refractivity contribution in [3.63, 3.8) is 0 Å². The van der Waals surface area contributed by atoms with Crippen molar-refractivity contribution in [2.75, 3.05) is 19.0 Å². The second kappa shape index (κ2) is 38.8. The van der Waals surface area contributed by atoms with E-state index in [0.29, 0.717) is 12.8 Å². The lowest BCUT2D eigenvalue weighted by atomic mass is 10.00. The Kier molecular flexibility index (Phi) is 35.9. The van der Waals surface area contributed by atoms with E-state index in [1.54, 1.807) is 0 Å². The fourth-order valence-corrected chi connectivity index (χ4v) is 7.59. The molecule has 62 heavy (non-hydrogen) atoms. The van der Waals surface area contributed by atoms with Gasteiger partial charge in [-0.25, -0.2) is 0 Å². The number of hydrogen-bond acceptors (Lipinski definition) is 11. The molecule has 0 aliphatic carbocycles. The highest BCUT2D eigenvalue weighted by molar-refractivity contribution is 7.85. The number of unbranched alkanes of at least 4 members (excludes halogenated alkanes) is 17. The number of carbonyl (C=O) groups excluding carboxylic acids is 2. The molecule has 1 heterocycles. The zero-order valence-corrected chi connectivity index (χ0v) is 39.0. The van der Waals surface area contributed by atoms with Gasteiger partial charge in [0.25, 0.3) is 10.1 Å². The largest absolute Gasteiger partial charge is 0.462 e. The fraction of sp³-hybridized carbons (Fsp3) is 0.755. The van der Waals surface area contributed by atoms with Gasteiger partial charge in [-0.15, -0.1) is 0 Å². The first-order chi connectivity index (χ1) is 30.0. The zero-order valence-electron chi connectivity index (χ0n) is 38.2. The van der Waals surface area contributed by atoms with Crippen LogP contribution >= 0.6 is 0 Å². The summed E-state index contributed by atoms with van der Waals surface area (Å²) in [5.74, 6) is -2.04. The number of allylic oxidation sites excluding steroid dienone is 10. The molecule has 0 bridgehead atoms. The highest BCUT2D eigenvalue weighted by atomic mass is 32.2. The molecule has 1 fully saturated rings. The molecule has 6 atom stereocenters. The first kappa shape index (κ1) is 57.4. The maximum atomic E-state index is 12.8. The molecule has 358 valence electrons. The second-order valence-corrected chi connectivity index (χ2v) is 17.9. The molecule has 0 amide bonds. The molecule has 0 saturated carbocycles. The maximum Gasteiger partial charge on any atom is 0.306 e. The molecule has 12 nitrogen and oxygen atoms in total. The number of carbonyl (C=O) groups is 2. The van der Waals surface area contributed by atoms with E-state index >= 15 is 0 Å². The van der Waals surface area contributed by atoms with Crippen LogP contribution < -0.4 is 0 Å². The highest BCUT2D eigenvalue weighted by Crippen LogP contribution is 2.24. The third-order valence-electron chi connectivity index (χ3n) is 10.6. The van der Waals surface area contributed by atoms with E-state index in [2.05, 4.69) is 74.6 Å². The topological polar surface area (TPSA) is 186 Å². The van der Waals surface area contributed by atoms with Gasteiger partial charge >= 0.3 is 11.9 Å². The van der Waals surface area contributed by atoms with Gasteiger partial charge in [0, 0.05) is 12.8 Å². The molecule has 1 aliphatic rings. The Morgan fingerprint density at radius 2 is 1.02 bits per heavy atom. The molecule has 2 unspecified atom stereocenters. The van der Waals surface area contributed by atoms with E-state index in [9.17, 15) is 37.9 Å². The molecular formula is C49H84O12S. The van der Waals surface area contributed by atoms with Gasteiger partial charge < -0.3 is 34.3 Å². The minimum absolute atomic E-state index is 0.151. The number of hydrogen-bond donors (Lipinski definition) is 4. The van der Waals surface area contributed by atoms with E-state index in [4.69, 9.17) is 18.9 Å². The Bertz CT molecular complexity index is 1370. The zero-order chi connectivity index (χ0) is 45.5. The third-order valence-corrected chi connectivity index (χ3v) is 11.3. The van der Waals surface area contributed by atoms with Gasteiger partial charge in [-0.3, -0.25) is 14.1 Å². The molecule has 1 aliphatic heterocycles. The van der Waals surface area contributed by atoms with Crippen molar-refractivity contribution in [1.82, 2.24) is 0 Å². The fourth-order valence-electron chi connectivity index (χ4n) is 6.90. The van der Waals surface area contributed by atoms with Gasteiger partial charge in [0.2, 0.25) is 0 Å². The van der Waals surface area contributed by atoms with Crippen molar-refractivity contribution >= 4 is 22.1 Å². The van der Waals surface area contributed by atoms with Crippen LogP contribution in [-0.4, -0.2) is 96.0 Å². The summed E-state index contributed by atoms with van der Waals surface area (Å²) >= 11 is 0. The molecule has 1 rings (SSSR count). The quantitative estimate of drug-likeness (QED) is 0.0198. The first-order valence-electron chi connectivity index (χ1n) is 23.8. The van der Waals surface area contributed by atoms with Crippen molar-refractivity contribution < 1.29 is 56.8 Å². The first-order valence-corrected chi connectivity index (χ1v) is 25.5. The predicted molar refractivity (Wildman–Crippen MR) is 247 cm³/mol. The van der Waals surface area contributed by atoms with Crippen LogP contribution in [0, 0.1) is 0 Å². The van der Waals surface area contributed by atoms with E-state index < -0.39 is 71.2 Å². The Morgan fingerprint density at radius 3 is 1.56 bits per heavy atom. The molecule has 0 aromatic heterocycles. The van der Waals surface area contributed by atoms with Crippen molar-refractivity contribution in [2.24, 2.45) is 0 Å². The van der Waals surface area contributed by atoms with Gasteiger partial charge in [0.05, 0.1) is 6.61 Å². The maximum absolute atomic E-state index is 12.8. The standard InChI is InChI=1S/C49H84O12S/c1-3-5-7-9-11-13-15-17-19-20-21-22-24-26-28-30-32-34-36-38-45(51)60-42(40-59-49-48(54)47(53)46(52)43(61-49)41-62(55,56)57)39-58-44(50)37-35-33-31-29-27-25-23-18-16-14-12-10-8-6-4-2/h6,8,12,14,17-19,23,27,29,42-43,46-49,52-54H,3-5,7,9-11,13,15-16,20-22,24-26,28,30-41H2,1-2H3,(H,55,56,57)/b8-6+,14-12+,19-17+,23-18+,29-27+/t42-,43-,46-,47?,48?,49+/m1/s1. The van der Waals surface area contributed by atoms with Gasteiger partial charge in [0.15, 0.2) is 12.4 Å². The average Bonchev–Trinajstić information content (AvgIpc) is 3.24. The monoisotopic (exact) mass is 897 g/mol. The van der Waals surface area contributed by atoms with Crippen molar-refractivity contribution in [3.8, 4) is 0 Å². The van der Waals surface area contributed by atoms with Crippen LogP contribution in [0.25, 0.3) is 0 Å². The van der Waals surface area contributed by atoms with Crippen LogP contribution in [0.1, 0.15) is 181 Å². The molecule has 4 N–H and O–H groups in total. The molecule has 0 aromatic rings. The summed E-state index contributed by atoms with van der Waals surface area (Å²) < 4.78 is 54.1. The lowest BCUT2D eigenvalue weighted by Gasteiger charge is -2.40. The number of esters is 2. The molecule has 0 radical (unpaired) electrons. The van der Waals surface area contributed by atoms with Crippen molar-refractivity contribution in [2.45, 2.75) is 218 Å². The number of aliphatic hydroxyl groups excluding tert-OH is 3. The highest BCUT2D eigenvalue weighted by Gasteiger charge is 2.46. The lowest BCUT2D eigenvalue weighted by Crippen LogP contribution is -2.60. The Labute approximate surface area is 375 Å². The van der Waals surface area contributed by atoms with Crippen molar-refractivity contribution in [3.05, 3.63) is 60.8 Å². The molecule has 0 spiro atoms. The molecule has 13 heteroatoms. The Hall–Kier alpha value is -2.65. The van der Waals surface area contributed by atoms with Gasteiger partial charge in [-0.2, -0.15) is 8.42 Å². The second-order valence-electron chi connectivity index (χ2n) is 16.4. The summed E-state index contributed by atoms with van der Waals surface area (Å²) in [7, 11) is -4.61. The van der Waals surface area contributed by atoms with Crippen LogP contribution in [0.4, 0.5) is 0 Å². The average molecular weight is 897 g/mol. The van der Waals surface area contributed by atoms with Crippen LogP contribution in [-0.2, 0) is 38.7 Å². The number of ether oxygens (including phenoxy) is 4. The van der Waals surface area contributed by atoms with E-state index in [1.807, 2.05) is 0 Å². The van der Waals surface area contributed by atoms with Gasteiger partial charge in [-0.1, -0.05) is 152 Å². The minimum atomic E-state index is -4.61. The third kappa shape index (κ3) is 32.9. The van der Waals surface area contributed by atoms with E-state index in [1.165, 1.54) is 77.0 Å². The number of aliphatic hydroxyl groups is 3. The summed E-state index contributed by atoms with van der Waals surface area (Å²) in [6.07, 6.45) is 38.4. The van der Waals surface area contributed by atoms with Gasteiger partial charge in [-0.05, 0) is 77.0 Å². The Morgan fingerprint density at radius 1 is 0.565 bits per heavy atom.